The second kappa shape index (κ2) is 11.3. The average Bonchev–Trinajstić information content (AvgIpc) is 2.80. The van der Waals surface area contributed by atoms with Crippen LogP contribution in [0.1, 0.15) is 48.5 Å². The van der Waals surface area contributed by atoms with Crippen molar-refractivity contribution in [3.63, 3.8) is 0 Å². The van der Waals surface area contributed by atoms with Gasteiger partial charge in [0.15, 0.2) is 0 Å². The summed E-state index contributed by atoms with van der Waals surface area (Å²) >= 11 is 0. The molecule has 2 N–H and O–H groups in total. The molecule has 1 aliphatic heterocycles. The standard InChI is InChI=1S/C25H31N3O3/c1-2-6-23(29)27-22-11-9-21(10-12-22)25(31)28-17-14-20(15-18-28)24(30)26-16-13-19-7-4-3-5-8-19/h3-5,7-12,20H,2,6,13-18H2,1H3,(H,26,30)(H,27,29). The molecule has 0 spiro atoms. The van der Waals surface area contributed by atoms with Crippen LogP contribution in [0.25, 0.3) is 0 Å². The van der Waals surface area contributed by atoms with Crippen molar-refractivity contribution in [2.45, 2.75) is 39.0 Å². The van der Waals surface area contributed by atoms with Gasteiger partial charge in [0.05, 0.1) is 0 Å². The predicted molar refractivity (Wildman–Crippen MR) is 122 cm³/mol. The van der Waals surface area contributed by atoms with Crippen molar-refractivity contribution in [2.24, 2.45) is 5.92 Å². The van der Waals surface area contributed by atoms with Crippen molar-refractivity contribution in [1.29, 1.82) is 0 Å². The molecule has 6 heteroatoms. The predicted octanol–water partition coefficient (Wildman–Crippen LogP) is 3.64. The topological polar surface area (TPSA) is 78.5 Å². The zero-order valence-corrected chi connectivity index (χ0v) is 18.1. The number of carbonyl (C=O) groups excluding carboxylic acids is 3. The smallest absolute Gasteiger partial charge is 0.253 e. The zero-order valence-electron chi connectivity index (χ0n) is 18.1. The van der Waals surface area contributed by atoms with Crippen molar-refractivity contribution >= 4 is 23.4 Å². The summed E-state index contributed by atoms with van der Waals surface area (Å²) in [6, 6.07) is 17.1. The first kappa shape index (κ1) is 22.5. The van der Waals surface area contributed by atoms with Gasteiger partial charge in [-0.05, 0) is 55.5 Å². The lowest BCUT2D eigenvalue weighted by atomic mass is 9.95. The lowest BCUT2D eigenvalue weighted by molar-refractivity contribution is -0.126. The van der Waals surface area contributed by atoms with E-state index in [1.807, 2.05) is 25.1 Å². The number of piperidine rings is 1. The summed E-state index contributed by atoms with van der Waals surface area (Å²) < 4.78 is 0. The zero-order chi connectivity index (χ0) is 22.1. The summed E-state index contributed by atoms with van der Waals surface area (Å²) in [5, 5.41) is 5.86. The van der Waals surface area contributed by atoms with E-state index in [9.17, 15) is 14.4 Å². The molecule has 0 bridgehead atoms. The number of nitrogens with one attached hydrogen (secondary N) is 2. The Kier molecular flexibility index (Phi) is 8.21. The number of carbonyl (C=O) groups is 3. The van der Waals surface area contributed by atoms with E-state index in [2.05, 4.69) is 22.8 Å². The van der Waals surface area contributed by atoms with Crippen LogP contribution >= 0.6 is 0 Å². The Morgan fingerprint density at radius 1 is 0.968 bits per heavy atom. The Labute approximate surface area is 184 Å². The molecule has 1 heterocycles. The van der Waals surface area contributed by atoms with Gasteiger partial charge >= 0.3 is 0 Å². The van der Waals surface area contributed by atoms with E-state index in [0.29, 0.717) is 50.1 Å². The fourth-order valence-electron chi connectivity index (χ4n) is 3.79. The third kappa shape index (κ3) is 6.67. The Bertz CT molecular complexity index is 873. The van der Waals surface area contributed by atoms with Crippen LogP contribution in [0.4, 0.5) is 5.69 Å². The number of benzene rings is 2. The van der Waals surface area contributed by atoms with Crippen molar-refractivity contribution < 1.29 is 14.4 Å². The molecule has 1 aliphatic rings. The Hall–Kier alpha value is -3.15. The minimum Gasteiger partial charge on any atom is -0.356 e. The van der Waals surface area contributed by atoms with Crippen molar-refractivity contribution in [3.05, 3.63) is 65.7 Å². The van der Waals surface area contributed by atoms with E-state index >= 15 is 0 Å². The monoisotopic (exact) mass is 421 g/mol. The lowest BCUT2D eigenvalue weighted by Crippen LogP contribution is -2.43. The maximum atomic E-state index is 12.8. The molecule has 164 valence electrons. The van der Waals surface area contributed by atoms with Gasteiger partial charge in [0, 0.05) is 43.2 Å². The third-order valence-electron chi connectivity index (χ3n) is 5.60. The number of amides is 3. The molecule has 0 saturated carbocycles. The highest BCUT2D eigenvalue weighted by molar-refractivity contribution is 5.96. The second-order valence-corrected chi connectivity index (χ2v) is 7.97. The normalized spacial score (nSPS) is 14.2. The summed E-state index contributed by atoms with van der Waals surface area (Å²) in [7, 11) is 0. The van der Waals surface area contributed by atoms with Crippen LogP contribution < -0.4 is 10.6 Å². The molecule has 2 aromatic rings. The van der Waals surface area contributed by atoms with E-state index in [1.54, 1.807) is 29.2 Å². The molecular formula is C25H31N3O3. The molecule has 0 aromatic heterocycles. The van der Waals surface area contributed by atoms with E-state index in [4.69, 9.17) is 0 Å². The summed E-state index contributed by atoms with van der Waals surface area (Å²) in [5.74, 6) is -0.0220. The Morgan fingerprint density at radius 3 is 2.29 bits per heavy atom. The lowest BCUT2D eigenvalue weighted by Gasteiger charge is -2.31. The molecule has 6 nitrogen and oxygen atoms in total. The number of nitrogens with zero attached hydrogens (tertiary/aromatic N) is 1. The minimum absolute atomic E-state index is 0.0225. The van der Waals surface area contributed by atoms with Crippen LogP contribution in [-0.2, 0) is 16.0 Å². The van der Waals surface area contributed by atoms with Gasteiger partial charge in [-0.3, -0.25) is 14.4 Å². The van der Waals surface area contributed by atoms with Gasteiger partial charge in [-0.2, -0.15) is 0 Å². The Morgan fingerprint density at radius 2 is 1.65 bits per heavy atom. The number of hydrogen-bond donors (Lipinski definition) is 2. The molecule has 0 radical (unpaired) electrons. The number of anilines is 1. The quantitative estimate of drug-likeness (QED) is 0.683. The van der Waals surface area contributed by atoms with Gasteiger partial charge in [0.25, 0.3) is 5.91 Å². The van der Waals surface area contributed by atoms with Crippen LogP contribution in [0.3, 0.4) is 0 Å². The van der Waals surface area contributed by atoms with Crippen LogP contribution in [0.2, 0.25) is 0 Å². The maximum absolute atomic E-state index is 12.8. The van der Waals surface area contributed by atoms with E-state index in [-0.39, 0.29) is 23.6 Å². The largest absolute Gasteiger partial charge is 0.356 e. The van der Waals surface area contributed by atoms with Crippen LogP contribution in [0.5, 0.6) is 0 Å². The Balaban J connectivity index is 1.42. The van der Waals surface area contributed by atoms with E-state index in [1.165, 1.54) is 5.56 Å². The SMILES string of the molecule is CCCC(=O)Nc1ccc(C(=O)N2CCC(C(=O)NCCc3ccccc3)CC2)cc1. The molecule has 1 fully saturated rings. The molecule has 2 aromatic carbocycles. The highest BCUT2D eigenvalue weighted by Gasteiger charge is 2.27. The first-order chi connectivity index (χ1) is 15.1. The van der Waals surface area contributed by atoms with Gasteiger partial charge in [-0.25, -0.2) is 0 Å². The average molecular weight is 422 g/mol. The highest BCUT2D eigenvalue weighted by atomic mass is 16.2. The maximum Gasteiger partial charge on any atom is 0.253 e. The number of hydrogen-bond acceptors (Lipinski definition) is 3. The molecule has 0 unspecified atom stereocenters. The van der Waals surface area contributed by atoms with Crippen LogP contribution in [-0.4, -0.2) is 42.3 Å². The van der Waals surface area contributed by atoms with Gasteiger partial charge in [-0.1, -0.05) is 37.3 Å². The molecule has 0 atom stereocenters. The summed E-state index contributed by atoms with van der Waals surface area (Å²) in [6.07, 6.45) is 3.44. The second-order valence-electron chi connectivity index (χ2n) is 7.97. The summed E-state index contributed by atoms with van der Waals surface area (Å²) in [4.78, 5) is 38.7. The molecule has 3 rings (SSSR count). The van der Waals surface area contributed by atoms with Crippen LogP contribution in [0.15, 0.2) is 54.6 Å². The first-order valence-electron chi connectivity index (χ1n) is 11.1. The molecule has 3 amide bonds. The van der Waals surface area contributed by atoms with Crippen molar-refractivity contribution in [2.75, 3.05) is 25.0 Å². The van der Waals surface area contributed by atoms with Gasteiger partial charge in [-0.15, -0.1) is 0 Å². The van der Waals surface area contributed by atoms with Gasteiger partial charge < -0.3 is 15.5 Å². The molecule has 31 heavy (non-hydrogen) atoms. The molecule has 1 saturated heterocycles. The van der Waals surface area contributed by atoms with Crippen molar-refractivity contribution in [3.8, 4) is 0 Å². The minimum atomic E-state index is -0.0454. The number of likely N-dealkylation sites (tertiary alicyclic amines) is 1. The van der Waals surface area contributed by atoms with Gasteiger partial charge in [0.2, 0.25) is 11.8 Å². The first-order valence-corrected chi connectivity index (χ1v) is 11.1. The fourth-order valence-corrected chi connectivity index (χ4v) is 3.79. The molecular weight excluding hydrogens is 390 g/mol. The number of rotatable bonds is 8. The third-order valence-corrected chi connectivity index (χ3v) is 5.60. The fraction of sp³-hybridized carbons (Fsp3) is 0.400. The summed E-state index contributed by atoms with van der Waals surface area (Å²) in [6.45, 7) is 3.73. The van der Waals surface area contributed by atoms with E-state index < -0.39 is 0 Å². The molecule has 0 aliphatic carbocycles. The van der Waals surface area contributed by atoms with Crippen LogP contribution in [0, 0.1) is 5.92 Å². The summed E-state index contributed by atoms with van der Waals surface area (Å²) in [5.41, 5.74) is 2.50. The van der Waals surface area contributed by atoms with Gasteiger partial charge in [0.1, 0.15) is 0 Å². The van der Waals surface area contributed by atoms with Crippen molar-refractivity contribution in [1.82, 2.24) is 10.2 Å². The highest BCUT2D eigenvalue weighted by Crippen LogP contribution is 2.20. The van der Waals surface area contributed by atoms with E-state index in [0.717, 1.165) is 12.8 Å².